The first kappa shape index (κ1) is 13.3. The van der Waals surface area contributed by atoms with E-state index in [-0.39, 0.29) is 5.91 Å². The van der Waals surface area contributed by atoms with Crippen LogP contribution < -0.4 is 5.32 Å². The number of carbonyl (C=O) groups excluding carboxylic acids is 1. The summed E-state index contributed by atoms with van der Waals surface area (Å²) >= 11 is 0. The number of amides is 1. The van der Waals surface area contributed by atoms with E-state index in [1.54, 1.807) is 0 Å². The second-order valence-electron chi connectivity index (χ2n) is 3.67. The molecule has 0 aromatic rings. The molecular weight excluding hydrogens is 219 g/mol. The first-order valence-electron chi connectivity index (χ1n) is 4.93. The third kappa shape index (κ3) is 2.69. The molecule has 1 aliphatic rings. The van der Waals surface area contributed by atoms with Gasteiger partial charge in [0.25, 0.3) is 0 Å². The van der Waals surface area contributed by atoms with Crippen LogP contribution in [-0.2, 0) is 14.3 Å². The van der Waals surface area contributed by atoms with Gasteiger partial charge in [0.1, 0.15) is 24.4 Å². The van der Waals surface area contributed by atoms with Gasteiger partial charge in [0.05, 0.1) is 6.61 Å². The number of rotatable bonds is 3. The van der Waals surface area contributed by atoms with Gasteiger partial charge in [0.15, 0.2) is 6.29 Å². The SMILES string of the molecule is CO[13C@H]1O[C@H](CO)[C@H](O)[C@@H](O)[C@H]1NC(C)=O. The quantitative estimate of drug-likeness (QED) is 0.406. The number of ether oxygens (including phenoxy) is 2. The van der Waals surface area contributed by atoms with E-state index in [1.807, 2.05) is 0 Å². The molecule has 0 bridgehead atoms. The smallest absolute Gasteiger partial charge is 0.217 e. The summed E-state index contributed by atoms with van der Waals surface area (Å²) in [6, 6.07) is -0.861. The van der Waals surface area contributed by atoms with Crippen LogP contribution in [0.1, 0.15) is 6.92 Å². The zero-order valence-electron chi connectivity index (χ0n) is 9.16. The molecule has 1 saturated heterocycles. The fraction of sp³-hybridized carbons (Fsp3) is 0.889. The molecule has 0 aromatic heterocycles. The lowest BCUT2D eigenvalue weighted by molar-refractivity contribution is -0.262. The molecular formula is C9H17NO6. The van der Waals surface area contributed by atoms with Gasteiger partial charge in [0, 0.05) is 14.0 Å². The Labute approximate surface area is 93.0 Å². The molecule has 1 heterocycles. The van der Waals surface area contributed by atoms with Crippen molar-refractivity contribution in [3.8, 4) is 0 Å². The summed E-state index contributed by atoms with van der Waals surface area (Å²) in [5, 5.41) is 30.7. The number of nitrogens with one attached hydrogen (secondary N) is 1. The van der Waals surface area contributed by atoms with E-state index in [1.165, 1.54) is 14.0 Å². The maximum absolute atomic E-state index is 10.9. The van der Waals surface area contributed by atoms with E-state index in [9.17, 15) is 15.0 Å². The molecule has 1 rings (SSSR count). The van der Waals surface area contributed by atoms with E-state index in [0.29, 0.717) is 0 Å². The highest BCUT2D eigenvalue weighted by Gasteiger charge is 2.44. The number of aliphatic hydroxyl groups excluding tert-OH is 3. The van der Waals surface area contributed by atoms with Crippen molar-refractivity contribution in [2.75, 3.05) is 13.7 Å². The number of carbonyl (C=O) groups is 1. The predicted molar refractivity (Wildman–Crippen MR) is 52.4 cm³/mol. The minimum Gasteiger partial charge on any atom is -0.394 e. The van der Waals surface area contributed by atoms with Crippen LogP contribution in [0.15, 0.2) is 0 Å². The summed E-state index contributed by atoms with van der Waals surface area (Å²) in [5.74, 6) is -0.371. The Hall–Kier alpha value is -0.730. The Bertz CT molecular complexity index is 246. The molecule has 1 fully saturated rings. The maximum atomic E-state index is 10.9. The Morgan fingerprint density at radius 3 is 2.50 bits per heavy atom. The monoisotopic (exact) mass is 236 g/mol. The molecule has 7 nitrogen and oxygen atoms in total. The lowest BCUT2D eigenvalue weighted by atomic mass is 10.0. The summed E-state index contributed by atoms with van der Waals surface area (Å²) in [6.07, 6.45) is -4.35. The average Bonchev–Trinajstić information content (AvgIpc) is 2.25. The fourth-order valence-electron chi connectivity index (χ4n) is 1.67. The fourth-order valence-corrected chi connectivity index (χ4v) is 1.67. The molecule has 0 aliphatic carbocycles. The number of hydrogen-bond acceptors (Lipinski definition) is 6. The van der Waals surface area contributed by atoms with Gasteiger partial charge in [-0.25, -0.2) is 0 Å². The van der Waals surface area contributed by atoms with Crippen molar-refractivity contribution >= 4 is 5.91 Å². The van der Waals surface area contributed by atoms with Crippen molar-refractivity contribution in [3.05, 3.63) is 0 Å². The highest BCUT2D eigenvalue weighted by Crippen LogP contribution is 2.21. The van der Waals surface area contributed by atoms with E-state index >= 15 is 0 Å². The van der Waals surface area contributed by atoms with Crippen molar-refractivity contribution in [2.24, 2.45) is 0 Å². The number of methoxy groups -OCH3 is 1. The van der Waals surface area contributed by atoms with E-state index in [4.69, 9.17) is 14.6 Å². The van der Waals surface area contributed by atoms with Crippen molar-refractivity contribution in [1.29, 1.82) is 0 Å². The molecule has 0 radical (unpaired) electrons. The number of hydrogen-bond donors (Lipinski definition) is 4. The van der Waals surface area contributed by atoms with Crippen LogP contribution in [0.4, 0.5) is 0 Å². The Kier molecular flexibility index (Phi) is 4.63. The van der Waals surface area contributed by atoms with E-state index < -0.39 is 37.3 Å². The van der Waals surface area contributed by atoms with Gasteiger partial charge in [-0.05, 0) is 0 Å². The molecule has 5 atom stereocenters. The van der Waals surface area contributed by atoms with Crippen LogP contribution in [-0.4, -0.2) is 65.6 Å². The van der Waals surface area contributed by atoms with Crippen LogP contribution in [0.5, 0.6) is 0 Å². The van der Waals surface area contributed by atoms with Gasteiger partial charge >= 0.3 is 0 Å². The van der Waals surface area contributed by atoms with Crippen LogP contribution in [0.2, 0.25) is 0 Å². The maximum Gasteiger partial charge on any atom is 0.217 e. The Morgan fingerprint density at radius 1 is 1.44 bits per heavy atom. The second kappa shape index (κ2) is 5.55. The predicted octanol–water partition coefficient (Wildman–Crippen LogP) is -2.42. The minimum absolute atomic E-state index is 0.371. The third-order valence-corrected chi connectivity index (χ3v) is 2.48. The van der Waals surface area contributed by atoms with Gasteiger partial charge < -0.3 is 30.1 Å². The van der Waals surface area contributed by atoms with Gasteiger partial charge in [0.2, 0.25) is 5.91 Å². The molecule has 1 aliphatic heterocycles. The van der Waals surface area contributed by atoms with Gasteiger partial charge in [-0.2, -0.15) is 0 Å². The summed E-state index contributed by atoms with van der Waals surface area (Å²) in [4.78, 5) is 10.9. The Balaban J connectivity index is 2.77. The first-order chi connectivity index (χ1) is 7.51. The van der Waals surface area contributed by atoms with Crippen LogP contribution in [0.25, 0.3) is 0 Å². The van der Waals surface area contributed by atoms with Crippen molar-refractivity contribution in [1.82, 2.24) is 5.32 Å². The van der Waals surface area contributed by atoms with E-state index in [0.717, 1.165) is 0 Å². The minimum atomic E-state index is -1.27. The molecule has 0 saturated carbocycles. The van der Waals surface area contributed by atoms with E-state index in [2.05, 4.69) is 5.32 Å². The molecule has 7 heteroatoms. The topological polar surface area (TPSA) is 108 Å². The normalized spacial score (nSPS) is 39.4. The zero-order chi connectivity index (χ0) is 12.3. The van der Waals surface area contributed by atoms with Crippen molar-refractivity contribution in [2.45, 2.75) is 37.6 Å². The summed E-state index contributed by atoms with van der Waals surface area (Å²) in [6.45, 7) is 0.842. The Morgan fingerprint density at radius 2 is 2.06 bits per heavy atom. The summed E-state index contributed by atoms with van der Waals surface area (Å²) in [7, 11) is 1.35. The van der Waals surface area contributed by atoms with Crippen molar-refractivity contribution < 1.29 is 29.6 Å². The van der Waals surface area contributed by atoms with Gasteiger partial charge in [-0.1, -0.05) is 0 Å². The van der Waals surface area contributed by atoms with Crippen LogP contribution in [0.3, 0.4) is 0 Å². The van der Waals surface area contributed by atoms with Gasteiger partial charge in [-0.3, -0.25) is 4.79 Å². The molecule has 0 unspecified atom stereocenters. The standard InChI is InChI=1S/C9H17NO6/c1-4(12)10-6-8(14)7(13)5(3-11)16-9(6)15-2/h5-9,11,13-14H,3H2,1-2H3,(H,10,12)/t5-,6-,7+,8+,9+/m1/s1/i9+1. The molecule has 16 heavy (non-hydrogen) atoms. The average molecular weight is 236 g/mol. The van der Waals surface area contributed by atoms with Crippen LogP contribution in [0, 0.1) is 0 Å². The second-order valence-corrected chi connectivity index (χ2v) is 3.67. The first-order valence-corrected chi connectivity index (χ1v) is 4.93. The summed E-state index contributed by atoms with van der Waals surface area (Å²) in [5.41, 5.74) is 0. The largest absolute Gasteiger partial charge is 0.394 e. The summed E-state index contributed by atoms with van der Waals surface area (Å²) < 4.78 is 10.1. The van der Waals surface area contributed by atoms with Gasteiger partial charge in [-0.15, -0.1) is 0 Å². The molecule has 4 N–H and O–H groups in total. The third-order valence-electron chi connectivity index (χ3n) is 2.48. The number of aliphatic hydroxyl groups is 3. The van der Waals surface area contributed by atoms with Crippen LogP contribution >= 0.6 is 0 Å². The molecule has 1 amide bonds. The zero-order valence-corrected chi connectivity index (χ0v) is 9.16. The lowest BCUT2D eigenvalue weighted by Crippen LogP contribution is -2.64. The molecule has 0 spiro atoms. The highest BCUT2D eigenvalue weighted by molar-refractivity contribution is 5.73. The van der Waals surface area contributed by atoms with Crippen molar-refractivity contribution in [3.63, 3.8) is 0 Å². The highest BCUT2D eigenvalue weighted by atomic mass is 16.8. The lowest BCUT2D eigenvalue weighted by Gasteiger charge is -2.41. The molecule has 94 valence electrons. The molecule has 0 aromatic carbocycles.